The molecule has 16 heavy (non-hydrogen) atoms. The van der Waals surface area contributed by atoms with Gasteiger partial charge in [-0.15, -0.1) is 6.58 Å². The van der Waals surface area contributed by atoms with E-state index in [1.54, 1.807) is 0 Å². The van der Waals surface area contributed by atoms with Crippen LogP contribution in [0.5, 0.6) is 0 Å². The first-order valence-electron chi connectivity index (χ1n) is 6.83. The van der Waals surface area contributed by atoms with Crippen LogP contribution in [-0.4, -0.2) is 38.1 Å². The summed E-state index contributed by atoms with van der Waals surface area (Å²) in [6.07, 6.45) is 10.00. The van der Waals surface area contributed by atoms with Crippen molar-refractivity contribution in [3.8, 4) is 0 Å². The molecular formula is C14H28N2. The zero-order valence-electron chi connectivity index (χ0n) is 10.9. The standard InChI is InChI=1S/C14H28N2/c1-3-4-5-12-16(2)13-6-7-14-8-10-15-11-9-14/h3,14-15H,1,4-13H2,2H3. The van der Waals surface area contributed by atoms with Gasteiger partial charge in [0.15, 0.2) is 0 Å². The predicted octanol–water partition coefficient (Wildman–Crippen LogP) is 2.66. The molecule has 0 radical (unpaired) electrons. The molecule has 0 amide bonds. The van der Waals surface area contributed by atoms with E-state index in [4.69, 9.17) is 0 Å². The minimum Gasteiger partial charge on any atom is -0.317 e. The molecule has 1 aliphatic heterocycles. The summed E-state index contributed by atoms with van der Waals surface area (Å²) in [5.74, 6) is 0.989. The van der Waals surface area contributed by atoms with Crippen LogP contribution in [0.15, 0.2) is 12.7 Å². The Bertz CT molecular complexity index is 174. The van der Waals surface area contributed by atoms with Crippen molar-refractivity contribution in [1.29, 1.82) is 0 Å². The van der Waals surface area contributed by atoms with Crippen LogP contribution in [0.3, 0.4) is 0 Å². The summed E-state index contributed by atoms with van der Waals surface area (Å²) < 4.78 is 0. The van der Waals surface area contributed by atoms with Crippen molar-refractivity contribution in [1.82, 2.24) is 10.2 Å². The van der Waals surface area contributed by atoms with E-state index >= 15 is 0 Å². The molecule has 1 heterocycles. The smallest absolute Gasteiger partial charge is 0.00188 e. The SMILES string of the molecule is C=CCCCN(C)CCCC1CCNCC1. The number of allylic oxidation sites excluding steroid dienone is 1. The van der Waals surface area contributed by atoms with Crippen LogP contribution >= 0.6 is 0 Å². The van der Waals surface area contributed by atoms with E-state index in [0.29, 0.717) is 0 Å². The molecule has 0 aromatic rings. The van der Waals surface area contributed by atoms with E-state index in [1.165, 1.54) is 58.3 Å². The van der Waals surface area contributed by atoms with Gasteiger partial charge in [0.1, 0.15) is 0 Å². The number of hydrogen-bond acceptors (Lipinski definition) is 2. The second-order valence-electron chi connectivity index (χ2n) is 5.07. The maximum atomic E-state index is 3.76. The molecule has 1 fully saturated rings. The van der Waals surface area contributed by atoms with E-state index < -0.39 is 0 Å². The first kappa shape index (κ1) is 13.7. The average molecular weight is 224 g/mol. The summed E-state index contributed by atoms with van der Waals surface area (Å²) in [6, 6.07) is 0. The molecule has 2 heteroatoms. The van der Waals surface area contributed by atoms with E-state index in [1.807, 2.05) is 6.08 Å². The molecule has 0 aliphatic carbocycles. The molecule has 1 rings (SSSR count). The largest absolute Gasteiger partial charge is 0.317 e. The number of nitrogens with one attached hydrogen (secondary N) is 1. The second kappa shape index (κ2) is 8.77. The van der Waals surface area contributed by atoms with Crippen LogP contribution in [0.2, 0.25) is 0 Å². The molecule has 94 valence electrons. The van der Waals surface area contributed by atoms with Crippen LogP contribution in [0.25, 0.3) is 0 Å². The molecular weight excluding hydrogens is 196 g/mol. The highest BCUT2D eigenvalue weighted by molar-refractivity contribution is 4.70. The highest BCUT2D eigenvalue weighted by Crippen LogP contribution is 2.17. The third-order valence-corrected chi connectivity index (χ3v) is 3.56. The van der Waals surface area contributed by atoms with Crippen molar-refractivity contribution in [3.63, 3.8) is 0 Å². The van der Waals surface area contributed by atoms with Crippen LogP contribution < -0.4 is 5.32 Å². The normalized spacial score (nSPS) is 17.9. The quantitative estimate of drug-likeness (QED) is 0.504. The van der Waals surface area contributed by atoms with Crippen molar-refractivity contribution in [2.24, 2.45) is 5.92 Å². The van der Waals surface area contributed by atoms with Crippen LogP contribution in [0.1, 0.15) is 38.5 Å². The van der Waals surface area contributed by atoms with Gasteiger partial charge in [-0.25, -0.2) is 0 Å². The molecule has 0 aromatic carbocycles. The first-order chi connectivity index (χ1) is 7.83. The lowest BCUT2D eigenvalue weighted by Crippen LogP contribution is -2.28. The predicted molar refractivity (Wildman–Crippen MR) is 71.8 cm³/mol. The van der Waals surface area contributed by atoms with Gasteiger partial charge in [0.25, 0.3) is 0 Å². The Hall–Kier alpha value is -0.340. The Balaban J connectivity index is 1.94. The number of nitrogens with zero attached hydrogens (tertiary/aromatic N) is 1. The number of unbranched alkanes of at least 4 members (excludes halogenated alkanes) is 1. The molecule has 2 nitrogen and oxygen atoms in total. The van der Waals surface area contributed by atoms with Gasteiger partial charge < -0.3 is 10.2 Å². The van der Waals surface area contributed by atoms with Gasteiger partial charge in [-0.05, 0) is 77.7 Å². The maximum Gasteiger partial charge on any atom is -0.00188 e. The van der Waals surface area contributed by atoms with Crippen molar-refractivity contribution >= 4 is 0 Å². The summed E-state index contributed by atoms with van der Waals surface area (Å²) in [4.78, 5) is 2.46. The van der Waals surface area contributed by atoms with Crippen LogP contribution in [0.4, 0.5) is 0 Å². The maximum absolute atomic E-state index is 3.76. The van der Waals surface area contributed by atoms with Crippen molar-refractivity contribution in [2.45, 2.75) is 38.5 Å². The first-order valence-corrected chi connectivity index (χ1v) is 6.83. The molecule has 0 saturated carbocycles. The Kier molecular flexibility index (Phi) is 7.52. The Morgan fingerprint density at radius 3 is 2.62 bits per heavy atom. The van der Waals surface area contributed by atoms with Crippen molar-refractivity contribution in [3.05, 3.63) is 12.7 Å². The van der Waals surface area contributed by atoms with Gasteiger partial charge in [0.05, 0.1) is 0 Å². The van der Waals surface area contributed by atoms with Gasteiger partial charge in [-0.1, -0.05) is 6.08 Å². The molecule has 1 aliphatic rings. The molecule has 0 bridgehead atoms. The van der Waals surface area contributed by atoms with Gasteiger partial charge >= 0.3 is 0 Å². The van der Waals surface area contributed by atoms with Crippen molar-refractivity contribution < 1.29 is 0 Å². The number of piperidine rings is 1. The minimum absolute atomic E-state index is 0.989. The second-order valence-corrected chi connectivity index (χ2v) is 5.07. The monoisotopic (exact) mass is 224 g/mol. The van der Waals surface area contributed by atoms with Gasteiger partial charge in [0.2, 0.25) is 0 Å². The summed E-state index contributed by atoms with van der Waals surface area (Å²) in [7, 11) is 2.24. The lowest BCUT2D eigenvalue weighted by atomic mass is 9.93. The fourth-order valence-corrected chi connectivity index (χ4v) is 2.44. The van der Waals surface area contributed by atoms with E-state index in [0.717, 1.165) is 12.3 Å². The highest BCUT2D eigenvalue weighted by atomic mass is 15.1. The Morgan fingerprint density at radius 2 is 1.94 bits per heavy atom. The fraction of sp³-hybridized carbons (Fsp3) is 0.857. The molecule has 0 spiro atoms. The van der Waals surface area contributed by atoms with E-state index in [-0.39, 0.29) is 0 Å². The summed E-state index contributed by atoms with van der Waals surface area (Å²) in [5.41, 5.74) is 0. The minimum atomic E-state index is 0.989. The number of rotatable bonds is 8. The highest BCUT2D eigenvalue weighted by Gasteiger charge is 2.12. The topological polar surface area (TPSA) is 15.3 Å². The zero-order chi connectivity index (χ0) is 11.6. The summed E-state index contributed by atoms with van der Waals surface area (Å²) >= 11 is 0. The molecule has 1 N–H and O–H groups in total. The summed E-state index contributed by atoms with van der Waals surface area (Å²) in [5, 5.41) is 3.43. The third-order valence-electron chi connectivity index (χ3n) is 3.56. The lowest BCUT2D eigenvalue weighted by Gasteiger charge is -2.23. The molecule has 1 saturated heterocycles. The van der Waals surface area contributed by atoms with Gasteiger partial charge in [-0.2, -0.15) is 0 Å². The molecule has 0 atom stereocenters. The summed E-state index contributed by atoms with van der Waals surface area (Å²) in [6.45, 7) is 8.71. The molecule has 0 unspecified atom stereocenters. The Morgan fingerprint density at radius 1 is 1.25 bits per heavy atom. The zero-order valence-corrected chi connectivity index (χ0v) is 10.9. The lowest BCUT2D eigenvalue weighted by molar-refractivity contribution is 0.289. The van der Waals surface area contributed by atoms with Crippen LogP contribution in [0, 0.1) is 5.92 Å². The average Bonchev–Trinajstić information content (AvgIpc) is 2.31. The van der Waals surface area contributed by atoms with E-state index in [2.05, 4.69) is 23.8 Å². The Labute approximate surface area is 101 Å². The third kappa shape index (κ3) is 6.29. The van der Waals surface area contributed by atoms with Crippen molar-refractivity contribution in [2.75, 3.05) is 33.2 Å². The molecule has 0 aromatic heterocycles. The van der Waals surface area contributed by atoms with E-state index in [9.17, 15) is 0 Å². The fourth-order valence-electron chi connectivity index (χ4n) is 2.44. The van der Waals surface area contributed by atoms with Gasteiger partial charge in [0, 0.05) is 0 Å². The number of hydrogen-bond donors (Lipinski definition) is 1. The van der Waals surface area contributed by atoms with Gasteiger partial charge in [-0.3, -0.25) is 0 Å². The van der Waals surface area contributed by atoms with Crippen LogP contribution in [-0.2, 0) is 0 Å².